The summed E-state index contributed by atoms with van der Waals surface area (Å²) >= 11 is 0. The van der Waals surface area contributed by atoms with Crippen LogP contribution in [0.2, 0.25) is 0 Å². The summed E-state index contributed by atoms with van der Waals surface area (Å²) in [5.74, 6) is -0.648. The minimum Gasteiger partial charge on any atom is -0.466 e. The smallest absolute Gasteiger partial charge is 0.335 e. The van der Waals surface area contributed by atoms with Crippen molar-refractivity contribution in [2.45, 2.75) is 77.0 Å². The molecule has 0 aliphatic heterocycles. The van der Waals surface area contributed by atoms with Gasteiger partial charge in [0, 0.05) is 10.8 Å². The number of carbonyl (C=O) groups excluding carboxylic acids is 2. The van der Waals surface area contributed by atoms with Crippen molar-refractivity contribution in [2.24, 2.45) is 10.8 Å². The lowest BCUT2D eigenvalue weighted by atomic mass is 9.30. The zero-order chi connectivity index (χ0) is 18.4. The maximum absolute atomic E-state index is 12.8. The summed E-state index contributed by atoms with van der Waals surface area (Å²) in [5, 5.41) is 0. The fourth-order valence-electron chi connectivity index (χ4n) is 6.62. The first-order valence-electron chi connectivity index (χ1n) is 10.3. The van der Waals surface area contributed by atoms with Crippen molar-refractivity contribution in [1.29, 1.82) is 0 Å². The Bertz CT molecular complexity index is 643. The van der Waals surface area contributed by atoms with Gasteiger partial charge in [-0.1, -0.05) is 49.7 Å². The molecule has 4 aliphatic rings. The molecule has 4 rings (SSSR count). The van der Waals surface area contributed by atoms with Gasteiger partial charge in [-0.15, -0.1) is 0 Å². The van der Waals surface area contributed by atoms with Crippen molar-refractivity contribution in [2.75, 3.05) is 14.2 Å². The highest BCUT2D eigenvalue weighted by molar-refractivity contribution is 6.09. The van der Waals surface area contributed by atoms with Gasteiger partial charge in [-0.3, -0.25) is 0 Å². The maximum Gasteiger partial charge on any atom is 0.335 e. The second-order valence-electron chi connectivity index (χ2n) is 8.33. The van der Waals surface area contributed by atoms with E-state index in [1.165, 1.54) is 63.9 Å². The first-order chi connectivity index (χ1) is 12.6. The van der Waals surface area contributed by atoms with Gasteiger partial charge in [-0.25, -0.2) is 9.59 Å². The van der Waals surface area contributed by atoms with E-state index in [2.05, 4.69) is 0 Å². The Morgan fingerprint density at radius 2 is 1.04 bits per heavy atom. The van der Waals surface area contributed by atoms with E-state index in [0.717, 1.165) is 38.5 Å². The summed E-state index contributed by atoms with van der Waals surface area (Å²) in [6.45, 7) is 0. The quantitative estimate of drug-likeness (QED) is 0.533. The van der Waals surface area contributed by atoms with Crippen LogP contribution in [0.3, 0.4) is 0 Å². The molecule has 0 heterocycles. The third-order valence-corrected chi connectivity index (χ3v) is 7.46. The molecule has 0 aromatic rings. The summed E-state index contributed by atoms with van der Waals surface area (Å²) in [5.41, 5.74) is 3.74. The van der Waals surface area contributed by atoms with E-state index < -0.39 is 0 Å². The fourth-order valence-corrected chi connectivity index (χ4v) is 6.62. The molecule has 26 heavy (non-hydrogen) atoms. The molecule has 4 heteroatoms. The summed E-state index contributed by atoms with van der Waals surface area (Å²) in [4.78, 5) is 25.6. The SMILES string of the molecule is COC(=O)C1=C(C(=O)OC)C23CCCCCCC2=C2CCCCCCC213. The first-order valence-corrected chi connectivity index (χ1v) is 10.3. The van der Waals surface area contributed by atoms with E-state index in [1.807, 2.05) is 0 Å². The van der Waals surface area contributed by atoms with Crippen LogP contribution in [0.25, 0.3) is 0 Å². The van der Waals surface area contributed by atoms with Gasteiger partial charge in [0.1, 0.15) is 0 Å². The van der Waals surface area contributed by atoms with Crippen LogP contribution < -0.4 is 0 Å². The van der Waals surface area contributed by atoms with Crippen molar-refractivity contribution in [3.8, 4) is 0 Å². The van der Waals surface area contributed by atoms with E-state index in [1.54, 1.807) is 0 Å². The van der Waals surface area contributed by atoms with Gasteiger partial charge in [-0.2, -0.15) is 0 Å². The van der Waals surface area contributed by atoms with E-state index in [9.17, 15) is 9.59 Å². The molecule has 142 valence electrons. The molecule has 2 saturated carbocycles. The molecule has 0 aromatic carbocycles. The molecule has 2 atom stereocenters. The molecule has 2 unspecified atom stereocenters. The van der Waals surface area contributed by atoms with Gasteiger partial charge >= 0.3 is 11.9 Å². The number of carbonyl (C=O) groups is 2. The van der Waals surface area contributed by atoms with Crippen molar-refractivity contribution < 1.29 is 19.1 Å². The number of hydrogen-bond donors (Lipinski definition) is 0. The Morgan fingerprint density at radius 3 is 1.42 bits per heavy atom. The highest BCUT2D eigenvalue weighted by atomic mass is 16.5. The average Bonchev–Trinajstić information content (AvgIpc) is 2.60. The fraction of sp³-hybridized carbons (Fsp3) is 0.727. The number of rotatable bonds is 2. The van der Waals surface area contributed by atoms with Gasteiger partial charge in [0.15, 0.2) is 0 Å². The highest BCUT2D eigenvalue weighted by Gasteiger charge is 2.76. The molecule has 0 amide bonds. The summed E-state index contributed by atoms with van der Waals surface area (Å²) in [6.07, 6.45) is 13.7. The van der Waals surface area contributed by atoms with Crippen LogP contribution >= 0.6 is 0 Å². The standard InChI is InChI=1S/C22H30O4/c1-25-19(23)17-18(20(24)26-2)22-14-10-6-4-8-12-16(22)15-11-7-3-5-9-13-21(15,17)22/h3-14H2,1-2H3. The van der Waals surface area contributed by atoms with Gasteiger partial charge in [0.2, 0.25) is 0 Å². The number of hydrogen-bond acceptors (Lipinski definition) is 4. The first kappa shape index (κ1) is 17.8. The molecular formula is C22H30O4. The van der Waals surface area contributed by atoms with Crippen LogP contribution in [-0.4, -0.2) is 26.2 Å². The number of methoxy groups -OCH3 is 2. The third kappa shape index (κ3) is 2.02. The second-order valence-corrected chi connectivity index (χ2v) is 8.33. The van der Waals surface area contributed by atoms with Crippen LogP contribution in [0, 0.1) is 10.8 Å². The van der Waals surface area contributed by atoms with Crippen LogP contribution in [-0.2, 0) is 19.1 Å². The highest BCUT2D eigenvalue weighted by Crippen LogP contribution is 2.81. The Labute approximate surface area is 156 Å². The van der Waals surface area contributed by atoms with Gasteiger partial charge in [-0.05, 0) is 38.5 Å². The topological polar surface area (TPSA) is 52.6 Å². The summed E-state index contributed by atoms with van der Waals surface area (Å²) in [6, 6.07) is 0. The number of ether oxygens (including phenoxy) is 2. The largest absolute Gasteiger partial charge is 0.466 e. The molecule has 0 N–H and O–H groups in total. The third-order valence-electron chi connectivity index (χ3n) is 7.46. The molecule has 2 fully saturated rings. The Hall–Kier alpha value is -1.58. The molecule has 0 radical (unpaired) electrons. The predicted octanol–water partition coefficient (Wildman–Crippen LogP) is 4.63. The summed E-state index contributed by atoms with van der Waals surface area (Å²) < 4.78 is 10.3. The van der Waals surface area contributed by atoms with E-state index in [-0.39, 0.29) is 22.8 Å². The average molecular weight is 358 g/mol. The molecule has 4 nitrogen and oxygen atoms in total. The van der Waals surface area contributed by atoms with Gasteiger partial charge in [0.25, 0.3) is 0 Å². The second kappa shape index (κ2) is 6.54. The lowest BCUT2D eigenvalue weighted by molar-refractivity contribution is -0.148. The molecule has 2 spiro atoms. The molecule has 0 saturated heterocycles. The van der Waals surface area contributed by atoms with Crippen molar-refractivity contribution in [3.05, 3.63) is 22.3 Å². The molecular weight excluding hydrogens is 328 g/mol. The van der Waals surface area contributed by atoms with Gasteiger partial charge < -0.3 is 9.47 Å². The predicted molar refractivity (Wildman–Crippen MR) is 98.4 cm³/mol. The van der Waals surface area contributed by atoms with E-state index in [0.29, 0.717) is 11.1 Å². The van der Waals surface area contributed by atoms with Crippen LogP contribution in [0.4, 0.5) is 0 Å². The monoisotopic (exact) mass is 358 g/mol. The lowest BCUT2D eigenvalue weighted by Gasteiger charge is -2.71. The molecule has 4 aliphatic carbocycles. The summed E-state index contributed by atoms with van der Waals surface area (Å²) in [7, 11) is 2.85. The molecule has 0 aromatic heterocycles. The maximum atomic E-state index is 12.8. The number of esters is 2. The Morgan fingerprint density at radius 1 is 0.654 bits per heavy atom. The Balaban J connectivity index is 1.92. The van der Waals surface area contributed by atoms with E-state index in [4.69, 9.17) is 9.47 Å². The Kier molecular flexibility index (Phi) is 4.48. The van der Waals surface area contributed by atoms with Crippen LogP contribution in [0.15, 0.2) is 22.3 Å². The zero-order valence-electron chi connectivity index (χ0n) is 16.1. The minimum absolute atomic E-state index is 0.239. The normalized spacial score (nSPS) is 33.8. The lowest BCUT2D eigenvalue weighted by Crippen LogP contribution is -2.66. The molecule has 0 bridgehead atoms. The van der Waals surface area contributed by atoms with Crippen molar-refractivity contribution in [1.82, 2.24) is 0 Å². The minimum atomic E-state index is -0.324. The van der Waals surface area contributed by atoms with Crippen LogP contribution in [0.1, 0.15) is 77.0 Å². The van der Waals surface area contributed by atoms with Crippen LogP contribution in [0.5, 0.6) is 0 Å². The van der Waals surface area contributed by atoms with Crippen molar-refractivity contribution in [3.63, 3.8) is 0 Å². The number of allylic oxidation sites excluding steroid dienone is 2. The zero-order valence-corrected chi connectivity index (χ0v) is 16.1. The van der Waals surface area contributed by atoms with E-state index >= 15 is 0 Å². The van der Waals surface area contributed by atoms with Gasteiger partial charge in [0.05, 0.1) is 25.4 Å². The van der Waals surface area contributed by atoms with Crippen molar-refractivity contribution >= 4 is 11.9 Å².